The van der Waals surface area contributed by atoms with Crippen molar-refractivity contribution < 1.29 is 19.0 Å². The molecule has 0 aliphatic heterocycles. The minimum Gasteiger partial charge on any atom is -0.495 e. The van der Waals surface area contributed by atoms with Crippen LogP contribution in [0.5, 0.6) is 5.75 Å². The van der Waals surface area contributed by atoms with Gasteiger partial charge < -0.3 is 15.2 Å². The van der Waals surface area contributed by atoms with E-state index >= 15 is 0 Å². The van der Waals surface area contributed by atoms with Crippen molar-refractivity contribution in [1.82, 2.24) is 5.43 Å². The highest BCUT2D eigenvalue weighted by molar-refractivity contribution is 7.80. The summed E-state index contributed by atoms with van der Waals surface area (Å²) in [5.74, 6) is -0.749. The molecule has 3 N–H and O–H groups in total. The Balaban J connectivity index is 1.72. The molecule has 30 heavy (non-hydrogen) atoms. The summed E-state index contributed by atoms with van der Waals surface area (Å²) in [6.07, 6.45) is 1.55. The number of thiocarbonyl (C=S) groups is 1. The van der Waals surface area contributed by atoms with Crippen molar-refractivity contribution in [2.24, 2.45) is 5.10 Å². The van der Waals surface area contributed by atoms with E-state index in [2.05, 4.69) is 15.8 Å². The van der Waals surface area contributed by atoms with Crippen LogP contribution in [-0.4, -0.2) is 29.5 Å². The van der Waals surface area contributed by atoms with Crippen LogP contribution in [0.2, 0.25) is 0 Å². The van der Waals surface area contributed by atoms with Gasteiger partial charge in [-0.3, -0.25) is 5.43 Å². The first-order valence-corrected chi connectivity index (χ1v) is 9.25. The van der Waals surface area contributed by atoms with E-state index in [-0.39, 0.29) is 16.5 Å². The first-order chi connectivity index (χ1) is 14.5. The predicted octanol–water partition coefficient (Wildman–Crippen LogP) is 4.52. The van der Waals surface area contributed by atoms with Crippen molar-refractivity contribution in [3.8, 4) is 16.9 Å². The molecule has 0 aliphatic carbocycles. The normalized spacial score (nSPS) is 10.6. The highest BCUT2D eigenvalue weighted by atomic mass is 32.1. The van der Waals surface area contributed by atoms with E-state index in [0.717, 1.165) is 11.1 Å². The summed E-state index contributed by atoms with van der Waals surface area (Å²) >= 11 is 5.19. The molecule has 0 aliphatic rings. The fourth-order valence-corrected chi connectivity index (χ4v) is 2.96. The summed E-state index contributed by atoms with van der Waals surface area (Å²) in [6, 6.07) is 17.9. The molecule has 0 fully saturated rings. The number of methoxy groups -OCH3 is 1. The van der Waals surface area contributed by atoms with Crippen LogP contribution >= 0.6 is 12.2 Å². The van der Waals surface area contributed by atoms with E-state index in [4.69, 9.17) is 22.1 Å². The second kappa shape index (κ2) is 9.62. The number of para-hydroxylation sites is 1. The van der Waals surface area contributed by atoms with Gasteiger partial charge in [0.2, 0.25) is 0 Å². The number of ether oxygens (including phenoxy) is 1. The molecule has 0 saturated heterocycles. The number of hydrogen-bond donors (Lipinski definition) is 3. The number of nitrogens with one attached hydrogen (secondary N) is 2. The molecule has 0 spiro atoms. The molecule has 152 valence electrons. The Labute approximate surface area is 178 Å². The summed E-state index contributed by atoms with van der Waals surface area (Å²) in [5.41, 5.74) is 5.66. The number of carboxylic acids is 1. The highest BCUT2D eigenvalue weighted by Gasteiger charge is 2.10. The lowest BCUT2D eigenvalue weighted by atomic mass is 10.0. The smallest absolute Gasteiger partial charge is 0.335 e. The van der Waals surface area contributed by atoms with Crippen LogP contribution in [0.25, 0.3) is 11.1 Å². The lowest BCUT2D eigenvalue weighted by Crippen LogP contribution is -2.24. The number of benzene rings is 3. The summed E-state index contributed by atoms with van der Waals surface area (Å²) in [7, 11) is 1.55. The Kier molecular flexibility index (Phi) is 6.71. The van der Waals surface area contributed by atoms with Crippen LogP contribution in [0.15, 0.2) is 71.8 Å². The number of halogens is 1. The van der Waals surface area contributed by atoms with E-state index in [1.807, 2.05) is 18.2 Å². The monoisotopic (exact) mass is 423 g/mol. The topological polar surface area (TPSA) is 83.0 Å². The van der Waals surface area contributed by atoms with Gasteiger partial charge in [0.05, 0.1) is 18.9 Å². The average Bonchev–Trinajstić information content (AvgIpc) is 2.74. The number of hydrazone groups is 1. The molecule has 3 aromatic rings. The summed E-state index contributed by atoms with van der Waals surface area (Å²) in [6.45, 7) is 0. The van der Waals surface area contributed by atoms with E-state index < -0.39 is 5.97 Å². The molecular weight excluding hydrogens is 405 g/mol. The van der Waals surface area contributed by atoms with Gasteiger partial charge in [0.25, 0.3) is 0 Å². The second-order valence-electron chi connectivity index (χ2n) is 6.15. The zero-order valence-electron chi connectivity index (χ0n) is 15.9. The average molecular weight is 423 g/mol. The van der Waals surface area contributed by atoms with Crippen LogP contribution in [0.4, 0.5) is 10.1 Å². The lowest BCUT2D eigenvalue weighted by Gasteiger charge is -2.12. The van der Waals surface area contributed by atoms with Crippen LogP contribution < -0.4 is 15.5 Å². The van der Waals surface area contributed by atoms with Crippen LogP contribution in [0, 0.1) is 5.82 Å². The maximum Gasteiger partial charge on any atom is 0.335 e. The number of aromatic carboxylic acids is 1. The molecule has 0 bridgehead atoms. The third-order valence-electron chi connectivity index (χ3n) is 4.14. The zero-order chi connectivity index (χ0) is 21.5. The van der Waals surface area contributed by atoms with E-state index in [0.29, 0.717) is 17.0 Å². The number of carboxylic acid groups (broad SMARTS) is 1. The molecule has 0 atom stereocenters. The maximum atomic E-state index is 13.2. The van der Waals surface area contributed by atoms with Gasteiger partial charge in [-0.25, -0.2) is 9.18 Å². The molecule has 6 nitrogen and oxygen atoms in total. The Morgan fingerprint density at radius 3 is 2.57 bits per heavy atom. The first-order valence-electron chi connectivity index (χ1n) is 8.84. The quantitative estimate of drug-likeness (QED) is 0.307. The molecule has 0 unspecified atom stereocenters. The molecule has 0 radical (unpaired) electrons. The molecule has 0 heterocycles. The molecule has 3 rings (SSSR count). The summed E-state index contributed by atoms with van der Waals surface area (Å²) < 4.78 is 18.7. The standard InChI is InChI=1S/C22H18FN3O3S/c1-29-20-16(5-3-7-19(20)14-8-10-17(23)11-9-14)13-24-26-22(30)25-18-6-2-4-15(12-18)21(27)28/h2-13H,1H3,(H,27,28)(H2,25,26,30). The Bertz CT molecular complexity index is 1100. The molecule has 0 saturated carbocycles. The van der Waals surface area contributed by atoms with Crippen molar-refractivity contribution >= 4 is 35.2 Å². The number of rotatable bonds is 6. The minimum atomic E-state index is -1.02. The van der Waals surface area contributed by atoms with Gasteiger partial charge in [0.1, 0.15) is 11.6 Å². The van der Waals surface area contributed by atoms with Gasteiger partial charge in [0, 0.05) is 16.8 Å². The van der Waals surface area contributed by atoms with Crippen molar-refractivity contribution in [2.45, 2.75) is 0 Å². The maximum absolute atomic E-state index is 13.2. The number of nitrogens with zero attached hydrogens (tertiary/aromatic N) is 1. The summed E-state index contributed by atoms with van der Waals surface area (Å²) in [5, 5.41) is 16.2. The largest absolute Gasteiger partial charge is 0.495 e. The van der Waals surface area contributed by atoms with Crippen molar-refractivity contribution in [1.29, 1.82) is 0 Å². The predicted molar refractivity (Wildman–Crippen MR) is 119 cm³/mol. The highest BCUT2D eigenvalue weighted by Crippen LogP contribution is 2.32. The van der Waals surface area contributed by atoms with E-state index in [1.165, 1.54) is 24.3 Å². The second-order valence-corrected chi connectivity index (χ2v) is 6.55. The Morgan fingerprint density at radius 2 is 1.87 bits per heavy atom. The van der Waals surface area contributed by atoms with Crippen molar-refractivity contribution in [3.05, 3.63) is 83.7 Å². The molecular formula is C22H18FN3O3S. The first kappa shape index (κ1) is 20.9. The lowest BCUT2D eigenvalue weighted by molar-refractivity contribution is 0.0697. The fourth-order valence-electron chi connectivity index (χ4n) is 2.79. The van der Waals surface area contributed by atoms with Gasteiger partial charge in [-0.05, 0) is 54.2 Å². The van der Waals surface area contributed by atoms with Gasteiger partial charge in [-0.15, -0.1) is 0 Å². The summed E-state index contributed by atoms with van der Waals surface area (Å²) in [4.78, 5) is 11.0. The molecule has 3 aromatic carbocycles. The number of carbonyl (C=O) groups is 1. The minimum absolute atomic E-state index is 0.147. The van der Waals surface area contributed by atoms with Crippen LogP contribution in [0.3, 0.4) is 0 Å². The van der Waals surface area contributed by atoms with Gasteiger partial charge >= 0.3 is 5.97 Å². The molecule has 8 heteroatoms. The van der Waals surface area contributed by atoms with E-state index in [1.54, 1.807) is 37.6 Å². The SMILES string of the molecule is COc1c(C=NNC(=S)Nc2cccc(C(=O)O)c2)cccc1-c1ccc(F)cc1. The Hall–Kier alpha value is -3.78. The van der Waals surface area contributed by atoms with Crippen LogP contribution in [-0.2, 0) is 0 Å². The number of hydrogen-bond acceptors (Lipinski definition) is 4. The van der Waals surface area contributed by atoms with Crippen molar-refractivity contribution in [3.63, 3.8) is 0 Å². The Morgan fingerprint density at radius 1 is 1.13 bits per heavy atom. The third kappa shape index (κ3) is 5.18. The van der Waals surface area contributed by atoms with Crippen molar-refractivity contribution in [2.75, 3.05) is 12.4 Å². The van der Waals surface area contributed by atoms with Gasteiger partial charge in [0.15, 0.2) is 5.11 Å². The molecule has 0 amide bonds. The van der Waals surface area contributed by atoms with Crippen LogP contribution in [0.1, 0.15) is 15.9 Å². The van der Waals surface area contributed by atoms with E-state index in [9.17, 15) is 9.18 Å². The number of anilines is 1. The zero-order valence-corrected chi connectivity index (χ0v) is 16.7. The van der Waals surface area contributed by atoms with Gasteiger partial charge in [-0.2, -0.15) is 5.10 Å². The van der Waals surface area contributed by atoms with Gasteiger partial charge in [-0.1, -0.05) is 30.3 Å². The third-order valence-corrected chi connectivity index (χ3v) is 4.34. The fraction of sp³-hybridized carbons (Fsp3) is 0.0455. The molecule has 0 aromatic heterocycles.